The Kier molecular flexibility index (Phi) is 6.70. The molecule has 2 amide bonds. The van der Waals surface area contributed by atoms with Gasteiger partial charge in [0.25, 0.3) is 5.91 Å². The normalized spacial score (nSPS) is 39.1. The van der Waals surface area contributed by atoms with Gasteiger partial charge < -0.3 is 29.3 Å². The Morgan fingerprint density at radius 3 is 2.69 bits per heavy atom. The number of hydrogen-bond donors (Lipinski definition) is 2. The average Bonchev–Trinajstić information content (AvgIpc) is 3.52. The van der Waals surface area contributed by atoms with Crippen LogP contribution in [0.15, 0.2) is 10.6 Å². The van der Waals surface area contributed by atoms with E-state index >= 15 is 0 Å². The van der Waals surface area contributed by atoms with Crippen LogP contribution in [0.2, 0.25) is 0 Å². The van der Waals surface area contributed by atoms with Crippen LogP contribution < -0.4 is 5.32 Å². The van der Waals surface area contributed by atoms with Gasteiger partial charge in [0.2, 0.25) is 5.91 Å². The topological polar surface area (TPSA) is 114 Å². The molecule has 1 aromatic heterocycles. The third-order valence-electron chi connectivity index (χ3n) is 9.37. The number of ether oxygens (including phenoxy) is 2. The second-order valence-corrected chi connectivity index (χ2v) is 11.5. The van der Waals surface area contributed by atoms with E-state index in [0.29, 0.717) is 31.1 Å². The highest BCUT2D eigenvalue weighted by Gasteiger charge is 2.61. The summed E-state index contributed by atoms with van der Waals surface area (Å²) in [5.74, 6) is 0.706. The summed E-state index contributed by atoms with van der Waals surface area (Å²) in [5.41, 5.74) is -0.102. The van der Waals surface area contributed by atoms with Crippen LogP contribution in [-0.2, 0) is 14.3 Å². The number of fused-ring (bicyclic) bond motifs is 3. The monoisotopic (exact) mass is 489 g/mol. The fourth-order valence-corrected chi connectivity index (χ4v) is 7.42. The van der Waals surface area contributed by atoms with E-state index in [9.17, 15) is 14.7 Å². The smallest absolute Gasteiger partial charge is 0.273 e. The number of carbonyl (C=O) groups excluding carboxylic acids is 2. The lowest BCUT2D eigenvalue weighted by atomic mass is 9.46. The molecule has 2 saturated heterocycles. The van der Waals surface area contributed by atoms with Crippen LogP contribution in [0.3, 0.4) is 0 Å². The van der Waals surface area contributed by atoms with Crippen molar-refractivity contribution in [2.45, 2.75) is 84.2 Å². The number of rotatable bonds is 5. The summed E-state index contributed by atoms with van der Waals surface area (Å²) in [6, 6.07) is 1.60. The van der Waals surface area contributed by atoms with Gasteiger partial charge in [-0.3, -0.25) is 9.59 Å². The summed E-state index contributed by atoms with van der Waals surface area (Å²) >= 11 is 0. The maximum Gasteiger partial charge on any atom is 0.273 e. The minimum absolute atomic E-state index is 0.00991. The number of hydrogen-bond acceptors (Lipinski definition) is 7. The third kappa shape index (κ3) is 4.51. The fourth-order valence-electron chi connectivity index (χ4n) is 7.42. The van der Waals surface area contributed by atoms with Gasteiger partial charge in [-0.05, 0) is 62.7 Å². The molecule has 2 aliphatic carbocycles. The largest absolute Gasteiger partial charge is 0.393 e. The van der Waals surface area contributed by atoms with Crippen LogP contribution in [0.25, 0.3) is 0 Å². The van der Waals surface area contributed by atoms with Crippen molar-refractivity contribution in [2.24, 2.45) is 22.7 Å². The first-order valence-electron chi connectivity index (χ1n) is 13.1. The van der Waals surface area contributed by atoms with Crippen molar-refractivity contribution >= 4 is 11.8 Å². The lowest BCUT2D eigenvalue weighted by molar-refractivity contribution is -0.306. The summed E-state index contributed by atoms with van der Waals surface area (Å²) in [6.07, 6.45) is 4.98. The molecular weight excluding hydrogens is 450 g/mol. The van der Waals surface area contributed by atoms with Gasteiger partial charge in [-0.15, -0.1) is 0 Å². The molecule has 4 aliphatic rings. The van der Waals surface area contributed by atoms with Crippen molar-refractivity contribution in [3.8, 4) is 0 Å². The Bertz CT molecular complexity index is 945. The molecular formula is C26H39N3O6. The van der Waals surface area contributed by atoms with E-state index in [1.165, 1.54) is 0 Å². The van der Waals surface area contributed by atoms with Crippen molar-refractivity contribution in [1.82, 2.24) is 15.4 Å². The number of nitrogens with zero attached hydrogens (tertiary/aromatic N) is 2. The van der Waals surface area contributed by atoms with Gasteiger partial charge in [0, 0.05) is 31.0 Å². The molecule has 2 saturated carbocycles. The van der Waals surface area contributed by atoms with Crippen molar-refractivity contribution in [2.75, 3.05) is 26.2 Å². The van der Waals surface area contributed by atoms with Crippen LogP contribution in [0, 0.1) is 29.6 Å². The molecule has 0 radical (unpaired) electrons. The van der Waals surface area contributed by atoms with Crippen molar-refractivity contribution in [3.05, 3.63) is 17.5 Å². The minimum Gasteiger partial charge on any atom is -0.393 e. The maximum atomic E-state index is 13.0. The van der Waals surface area contributed by atoms with Gasteiger partial charge in [0.15, 0.2) is 12.0 Å². The highest BCUT2D eigenvalue weighted by atomic mass is 16.7. The van der Waals surface area contributed by atoms with E-state index in [1.54, 1.807) is 13.0 Å². The van der Waals surface area contributed by atoms with E-state index in [-0.39, 0.29) is 46.9 Å². The molecule has 7 atom stereocenters. The van der Waals surface area contributed by atoms with Gasteiger partial charge in [0.05, 0.1) is 25.4 Å². The summed E-state index contributed by atoms with van der Waals surface area (Å²) in [5, 5.41) is 17.6. The molecule has 2 aliphatic heterocycles. The minimum atomic E-state index is -0.517. The van der Waals surface area contributed by atoms with E-state index in [2.05, 4.69) is 24.3 Å². The molecule has 0 spiro atoms. The number of nitrogens with one attached hydrogen (secondary N) is 1. The van der Waals surface area contributed by atoms with Crippen LogP contribution in [0.4, 0.5) is 0 Å². The Labute approximate surface area is 206 Å². The van der Waals surface area contributed by atoms with Gasteiger partial charge in [-0.1, -0.05) is 19.0 Å². The van der Waals surface area contributed by atoms with Gasteiger partial charge in [-0.25, -0.2) is 0 Å². The summed E-state index contributed by atoms with van der Waals surface area (Å²) in [4.78, 5) is 27.3. The first-order chi connectivity index (χ1) is 16.7. The molecule has 7 unspecified atom stereocenters. The number of amides is 2. The predicted octanol–water partition coefficient (Wildman–Crippen LogP) is 2.66. The Hall–Kier alpha value is -1.97. The second-order valence-electron chi connectivity index (χ2n) is 11.5. The number of aryl methyl sites for hydroxylation is 1. The van der Waals surface area contributed by atoms with Crippen LogP contribution >= 0.6 is 0 Å². The zero-order valence-electron chi connectivity index (χ0n) is 21.1. The highest BCUT2D eigenvalue weighted by molar-refractivity contribution is 5.92. The number of likely N-dealkylation sites (tertiary alicyclic amines) is 1. The highest BCUT2D eigenvalue weighted by Crippen LogP contribution is 2.62. The van der Waals surface area contributed by atoms with Gasteiger partial charge in [-0.2, -0.15) is 0 Å². The second kappa shape index (κ2) is 9.48. The molecule has 1 aromatic rings. The van der Waals surface area contributed by atoms with E-state index in [1.807, 2.05) is 4.90 Å². The molecule has 0 aromatic carbocycles. The molecule has 0 bridgehead atoms. The third-order valence-corrected chi connectivity index (χ3v) is 9.37. The molecule has 4 fully saturated rings. The predicted molar refractivity (Wildman–Crippen MR) is 126 cm³/mol. The summed E-state index contributed by atoms with van der Waals surface area (Å²) < 4.78 is 17.5. The lowest BCUT2D eigenvalue weighted by Gasteiger charge is -2.63. The number of aromatic nitrogens is 1. The van der Waals surface area contributed by atoms with Crippen LogP contribution in [-0.4, -0.2) is 71.7 Å². The first-order valence-corrected chi connectivity index (χ1v) is 13.1. The molecule has 35 heavy (non-hydrogen) atoms. The van der Waals surface area contributed by atoms with Crippen LogP contribution in [0.1, 0.15) is 75.0 Å². The SMILES string of the molecule is Cc1cc(C(=O)NCC2OCC3(C)C(CCC4(C)C(CC(=O)N5CCCC5)C(O)CCC34)O2)no1. The summed E-state index contributed by atoms with van der Waals surface area (Å²) in [7, 11) is 0. The molecule has 9 heteroatoms. The number of aliphatic hydroxyl groups excluding tert-OH is 1. The zero-order chi connectivity index (χ0) is 24.8. The fraction of sp³-hybridized carbons (Fsp3) is 0.808. The Morgan fingerprint density at radius 1 is 1.20 bits per heavy atom. The molecule has 9 nitrogen and oxygen atoms in total. The van der Waals surface area contributed by atoms with Gasteiger partial charge >= 0.3 is 0 Å². The quantitative estimate of drug-likeness (QED) is 0.654. The Balaban J connectivity index is 1.24. The summed E-state index contributed by atoms with van der Waals surface area (Å²) in [6.45, 7) is 8.72. The van der Waals surface area contributed by atoms with Crippen molar-refractivity contribution in [1.29, 1.82) is 0 Å². The van der Waals surface area contributed by atoms with Crippen molar-refractivity contribution < 1.29 is 28.7 Å². The first kappa shape index (κ1) is 24.7. The number of aliphatic hydroxyl groups is 1. The molecule has 194 valence electrons. The number of carbonyl (C=O) groups is 2. The Morgan fingerprint density at radius 2 is 1.97 bits per heavy atom. The van der Waals surface area contributed by atoms with Gasteiger partial charge in [0.1, 0.15) is 5.76 Å². The molecule has 3 heterocycles. The maximum absolute atomic E-state index is 13.0. The van der Waals surface area contributed by atoms with Crippen molar-refractivity contribution in [3.63, 3.8) is 0 Å². The van der Waals surface area contributed by atoms with E-state index in [4.69, 9.17) is 14.0 Å². The molecule has 5 rings (SSSR count). The standard InChI is InChI=1S/C26H39N3O6/c1-16-12-18(28-35-16)24(32)27-14-23-33-15-26(3)20-7-6-19(30)17(13-22(31)29-10-4-5-11-29)25(20,2)9-8-21(26)34-23/h12,17,19-21,23,30H,4-11,13-15H2,1-3H3,(H,27,32). The zero-order valence-corrected chi connectivity index (χ0v) is 21.1. The average molecular weight is 490 g/mol. The van der Waals surface area contributed by atoms with E-state index in [0.717, 1.165) is 45.2 Å². The molecule has 2 N–H and O–H groups in total. The van der Waals surface area contributed by atoms with E-state index < -0.39 is 12.4 Å². The van der Waals surface area contributed by atoms with Crippen LogP contribution in [0.5, 0.6) is 0 Å². The lowest BCUT2D eigenvalue weighted by Crippen LogP contribution is -2.63.